The van der Waals surface area contributed by atoms with Gasteiger partial charge in [-0.1, -0.05) is 25.2 Å². The third-order valence-electron chi connectivity index (χ3n) is 2.30. The van der Waals surface area contributed by atoms with E-state index in [1.54, 1.807) is 0 Å². The van der Waals surface area contributed by atoms with E-state index in [-0.39, 0.29) is 6.61 Å². The highest BCUT2D eigenvalue weighted by Crippen LogP contribution is 2.11. The molecule has 1 aromatic rings. The summed E-state index contributed by atoms with van der Waals surface area (Å²) >= 11 is 0. The number of unbranched alkanes of at least 4 members (excludes halogenated alkanes) is 1. The number of hydrogen-bond donors (Lipinski definition) is 1. The molecule has 0 bridgehead atoms. The molecule has 98 valence electrons. The summed E-state index contributed by atoms with van der Waals surface area (Å²) in [5.41, 5.74) is 0.871. The summed E-state index contributed by atoms with van der Waals surface area (Å²) in [5.74, 6) is 6.24. The molecule has 0 heterocycles. The first-order valence-corrected chi connectivity index (χ1v) is 6.27. The molecule has 3 nitrogen and oxygen atoms in total. The van der Waals surface area contributed by atoms with Gasteiger partial charge in [0.05, 0.1) is 6.61 Å². The van der Waals surface area contributed by atoms with E-state index in [0.717, 1.165) is 30.8 Å². The standard InChI is InChI=1S/C15H20O3/c1-2-3-11-17-12-13-18-15-8-6-14(7-9-15)5-4-10-16/h6-9,16H,2-3,10-13H2,1H3. The van der Waals surface area contributed by atoms with Crippen molar-refractivity contribution >= 4 is 0 Å². The maximum Gasteiger partial charge on any atom is 0.119 e. The Morgan fingerprint density at radius 1 is 1.11 bits per heavy atom. The van der Waals surface area contributed by atoms with E-state index in [0.29, 0.717) is 13.2 Å². The van der Waals surface area contributed by atoms with Gasteiger partial charge in [0.2, 0.25) is 0 Å². The first kappa shape index (κ1) is 14.6. The number of rotatable bonds is 7. The second-order valence-corrected chi connectivity index (χ2v) is 3.80. The predicted octanol–water partition coefficient (Wildman–Crippen LogP) is 2.23. The largest absolute Gasteiger partial charge is 0.491 e. The second kappa shape index (κ2) is 9.52. The molecule has 0 spiro atoms. The molecule has 1 N–H and O–H groups in total. The highest BCUT2D eigenvalue weighted by Gasteiger charge is 1.94. The Labute approximate surface area is 109 Å². The molecule has 1 rings (SSSR count). The van der Waals surface area contributed by atoms with Gasteiger partial charge in [-0.3, -0.25) is 0 Å². The molecule has 0 aromatic heterocycles. The maximum atomic E-state index is 8.57. The summed E-state index contributed by atoms with van der Waals surface area (Å²) in [6, 6.07) is 7.48. The lowest BCUT2D eigenvalue weighted by Gasteiger charge is -2.06. The zero-order valence-corrected chi connectivity index (χ0v) is 10.8. The Bertz CT molecular complexity index is 373. The first-order valence-electron chi connectivity index (χ1n) is 6.27. The summed E-state index contributed by atoms with van der Waals surface area (Å²) < 4.78 is 10.9. The van der Waals surface area contributed by atoms with Crippen molar-refractivity contribution in [2.24, 2.45) is 0 Å². The van der Waals surface area contributed by atoms with Crippen LogP contribution in [0.1, 0.15) is 25.3 Å². The fourth-order valence-corrected chi connectivity index (χ4v) is 1.34. The van der Waals surface area contributed by atoms with Crippen LogP contribution < -0.4 is 4.74 Å². The SMILES string of the molecule is CCCCOCCOc1ccc(C#CCO)cc1. The fourth-order valence-electron chi connectivity index (χ4n) is 1.34. The van der Waals surface area contributed by atoms with Gasteiger partial charge in [0.1, 0.15) is 19.0 Å². The number of hydrogen-bond acceptors (Lipinski definition) is 3. The summed E-state index contributed by atoms with van der Waals surface area (Å²) in [7, 11) is 0. The quantitative estimate of drug-likeness (QED) is 0.594. The van der Waals surface area contributed by atoms with E-state index >= 15 is 0 Å². The minimum atomic E-state index is -0.118. The molecule has 3 heteroatoms. The zero-order valence-electron chi connectivity index (χ0n) is 10.8. The number of benzene rings is 1. The van der Waals surface area contributed by atoms with Crippen LogP contribution in [0.4, 0.5) is 0 Å². The van der Waals surface area contributed by atoms with Gasteiger partial charge in [0.25, 0.3) is 0 Å². The topological polar surface area (TPSA) is 38.7 Å². The van der Waals surface area contributed by atoms with E-state index in [1.165, 1.54) is 0 Å². The molecule has 0 fully saturated rings. The summed E-state index contributed by atoms with van der Waals surface area (Å²) in [4.78, 5) is 0. The van der Waals surface area contributed by atoms with Crippen LogP contribution in [0, 0.1) is 11.8 Å². The molecule has 0 radical (unpaired) electrons. The lowest BCUT2D eigenvalue weighted by molar-refractivity contribution is 0.0980. The van der Waals surface area contributed by atoms with Crippen molar-refractivity contribution in [3.8, 4) is 17.6 Å². The molecular weight excluding hydrogens is 228 g/mol. The molecule has 0 saturated heterocycles. The van der Waals surface area contributed by atoms with Gasteiger partial charge in [-0.05, 0) is 30.7 Å². The van der Waals surface area contributed by atoms with Crippen molar-refractivity contribution < 1.29 is 14.6 Å². The summed E-state index contributed by atoms with van der Waals surface area (Å²) in [5, 5.41) is 8.57. The Morgan fingerprint density at radius 2 is 1.89 bits per heavy atom. The second-order valence-electron chi connectivity index (χ2n) is 3.80. The third kappa shape index (κ3) is 6.29. The van der Waals surface area contributed by atoms with Crippen LogP contribution >= 0.6 is 0 Å². The minimum Gasteiger partial charge on any atom is -0.491 e. The molecule has 0 atom stereocenters. The molecule has 0 aliphatic carbocycles. The van der Waals surface area contributed by atoms with Crippen molar-refractivity contribution in [3.05, 3.63) is 29.8 Å². The van der Waals surface area contributed by atoms with Gasteiger partial charge >= 0.3 is 0 Å². The van der Waals surface area contributed by atoms with Gasteiger partial charge in [-0.2, -0.15) is 0 Å². The van der Waals surface area contributed by atoms with Crippen molar-refractivity contribution in [2.75, 3.05) is 26.4 Å². The molecule has 0 aliphatic rings. The van der Waals surface area contributed by atoms with Crippen molar-refractivity contribution in [1.29, 1.82) is 0 Å². The first-order chi connectivity index (χ1) is 8.86. The van der Waals surface area contributed by atoms with Crippen LogP contribution in [0.15, 0.2) is 24.3 Å². The molecule has 0 amide bonds. The van der Waals surface area contributed by atoms with Crippen LogP contribution in [0.25, 0.3) is 0 Å². The van der Waals surface area contributed by atoms with Gasteiger partial charge in [-0.25, -0.2) is 0 Å². The van der Waals surface area contributed by atoms with E-state index in [9.17, 15) is 0 Å². The lowest BCUT2D eigenvalue weighted by atomic mass is 10.2. The molecule has 0 saturated carbocycles. The monoisotopic (exact) mass is 248 g/mol. The van der Waals surface area contributed by atoms with Crippen LogP contribution in [0.2, 0.25) is 0 Å². The Kier molecular flexibility index (Phi) is 7.70. The van der Waals surface area contributed by atoms with E-state index in [1.807, 2.05) is 24.3 Å². The molecule has 0 aliphatic heterocycles. The summed E-state index contributed by atoms with van der Waals surface area (Å²) in [6.07, 6.45) is 2.25. The van der Waals surface area contributed by atoms with Gasteiger partial charge < -0.3 is 14.6 Å². The lowest BCUT2D eigenvalue weighted by Crippen LogP contribution is -2.07. The Balaban J connectivity index is 2.22. The Hall–Kier alpha value is -1.50. The summed E-state index contributed by atoms with van der Waals surface area (Å²) in [6.45, 7) is 4.00. The van der Waals surface area contributed by atoms with E-state index in [2.05, 4.69) is 18.8 Å². The van der Waals surface area contributed by atoms with Crippen molar-refractivity contribution in [1.82, 2.24) is 0 Å². The van der Waals surface area contributed by atoms with Crippen LogP contribution in [0.3, 0.4) is 0 Å². The molecule has 1 aromatic carbocycles. The highest BCUT2D eigenvalue weighted by molar-refractivity contribution is 5.38. The third-order valence-corrected chi connectivity index (χ3v) is 2.30. The number of aliphatic hydroxyl groups excluding tert-OH is 1. The smallest absolute Gasteiger partial charge is 0.119 e. The predicted molar refractivity (Wildman–Crippen MR) is 71.6 cm³/mol. The van der Waals surface area contributed by atoms with Gasteiger partial charge in [-0.15, -0.1) is 0 Å². The molecular formula is C15H20O3. The average Bonchev–Trinajstić information content (AvgIpc) is 2.42. The molecule has 0 unspecified atom stereocenters. The maximum absolute atomic E-state index is 8.57. The fraction of sp³-hybridized carbons (Fsp3) is 0.467. The van der Waals surface area contributed by atoms with E-state index in [4.69, 9.17) is 14.6 Å². The zero-order chi connectivity index (χ0) is 13.1. The van der Waals surface area contributed by atoms with E-state index < -0.39 is 0 Å². The number of aliphatic hydroxyl groups is 1. The van der Waals surface area contributed by atoms with Gasteiger partial charge in [0.15, 0.2) is 0 Å². The van der Waals surface area contributed by atoms with Crippen LogP contribution in [0.5, 0.6) is 5.75 Å². The Morgan fingerprint density at radius 3 is 2.56 bits per heavy atom. The van der Waals surface area contributed by atoms with Crippen molar-refractivity contribution in [3.63, 3.8) is 0 Å². The highest BCUT2D eigenvalue weighted by atomic mass is 16.5. The van der Waals surface area contributed by atoms with Crippen LogP contribution in [-0.4, -0.2) is 31.5 Å². The van der Waals surface area contributed by atoms with Gasteiger partial charge in [0, 0.05) is 12.2 Å². The van der Waals surface area contributed by atoms with Crippen LogP contribution in [-0.2, 0) is 4.74 Å². The number of ether oxygens (including phenoxy) is 2. The van der Waals surface area contributed by atoms with Crippen molar-refractivity contribution in [2.45, 2.75) is 19.8 Å². The molecule has 18 heavy (non-hydrogen) atoms. The minimum absolute atomic E-state index is 0.118. The normalized spacial score (nSPS) is 9.67. The average molecular weight is 248 g/mol.